The fraction of sp³-hybridized carbons (Fsp3) is 0. The highest BCUT2D eigenvalue weighted by molar-refractivity contribution is 5.72. The number of hydrogen-bond acceptors (Lipinski definition) is 3. The second-order valence-electron chi connectivity index (χ2n) is 5.85. The largest absolute Gasteiger partial charge is 0.503 e. The predicted octanol–water partition coefficient (Wildman–Crippen LogP) is 4.27. The average Bonchev–Trinajstić information content (AvgIpc) is 2.72. The Labute approximate surface area is 150 Å². The average molecular weight is 340 g/mol. The number of nitrogens with zero attached hydrogens (tertiary/aromatic N) is 2. The maximum Gasteiger partial charge on any atom is 0.250 e. The van der Waals surface area contributed by atoms with Crippen LogP contribution >= 0.6 is 0 Å². The second-order valence-corrected chi connectivity index (χ2v) is 5.85. The van der Waals surface area contributed by atoms with Crippen molar-refractivity contribution < 1.29 is 5.11 Å². The zero-order valence-electron chi connectivity index (χ0n) is 13.9. The molecule has 4 rings (SSSR count). The van der Waals surface area contributed by atoms with E-state index in [-0.39, 0.29) is 11.4 Å². The number of para-hydroxylation sites is 1. The summed E-state index contributed by atoms with van der Waals surface area (Å²) in [6.45, 7) is 0. The van der Waals surface area contributed by atoms with Crippen molar-refractivity contribution >= 4 is 0 Å². The molecule has 1 heterocycles. The smallest absolute Gasteiger partial charge is 0.250 e. The molecular weight excluding hydrogens is 324 g/mol. The third-order valence-electron chi connectivity index (χ3n) is 4.16. The summed E-state index contributed by atoms with van der Waals surface area (Å²) in [5.41, 5.74) is 2.25. The van der Waals surface area contributed by atoms with Crippen LogP contribution in [-0.2, 0) is 0 Å². The molecule has 0 fully saturated rings. The van der Waals surface area contributed by atoms with Gasteiger partial charge in [-0.3, -0.25) is 4.79 Å². The van der Waals surface area contributed by atoms with E-state index in [0.717, 1.165) is 11.3 Å². The van der Waals surface area contributed by atoms with Crippen molar-refractivity contribution in [2.75, 3.05) is 0 Å². The third kappa shape index (κ3) is 2.78. The Kier molecular flexibility index (Phi) is 4.07. The van der Waals surface area contributed by atoms with Crippen LogP contribution in [0.25, 0.3) is 28.2 Å². The van der Waals surface area contributed by atoms with Gasteiger partial charge in [0, 0.05) is 11.1 Å². The molecule has 4 aromatic rings. The Morgan fingerprint density at radius 3 is 1.77 bits per heavy atom. The Hall–Kier alpha value is -3.66. The SMILES string of the molecule is O=c1c(-c2ccccc2)nn(-c2ccccc2)c(-c2ccccc2)c1O. The summed E-state index contributed by atoms with van der Waals surface area (Å²) >= 11 is 0. The summed E-state index contributed by atoms with van der Waals surface area (Å²) in [7, 11) is 0. The Morgan fingerprint density at radius 1 is 0.692 bits per heavy atom. The minimum Gasteiger partial charge on any atom is -0.503 e. The lowest BCUT2D eigenvalue weighted by molar-refractivity contribution is 0.465. The first-order chi connectivity index (χ1) is 12.8. The molecule has 0 radical (unpaired) electrons. The van der Waals surface area contributed by atoms with Crippen LogP contribution in [0.15, 0.2) is 95.8 Å². The highest BCUT2D eigenvalue weighted by Gasteiger charge is 2.19. The fourth-order valence-corrected chi connectivity index (χ4v) is 2.91. The molecule has 0 aliphatic heterocycles. The number of benzene rings is 3. The zero-order chi connectivity index (χ0) is 17.9. The van der Waals surface area contributed by atoms with Gasteiger partial charge in [-0.05, 0) is 12.1 Å². The summed E-state index contributed by atoms with van der Waals surface area (Å²) < 4.78 is 1.62. The molecule has 0 amide bonds. The Bertz CT molecular complexity index is 1090. The van der Waals surface area contributed by atoms with Gasteiger partial charge >= 0.3 is 0 Å². The van der Waals surface area contributed by atoms with E-state index in [1.807, 2.05) is 78.9 Å². The third-order valence-corrected chi connectivity index (χ3v) is 4.16. The standard InChI is InChI=1S/C22H16N2O2/c25-21-19(16-10-4-1-5-11-16)23-24(18-14-8-3-9-15-18)20(22(21)26)17-12-6-2-7-13-17/h1-15,26H. The van der Waals surface area contributed by atoms with Crippen molar-refractivity contribution in [2.45, 2.75) is 0 Å². The molecule has 0 aliphatic rings. The fourth-order valence-electron chi connectivity index (χ4n) is 2.91. The van der Waals surface area contributed by atoms with Crippen molar-refractivity contribution in [3.63, 3.8) is 0 Å². The van der Waals surface area contributed by atoms with Gasteiger partial charge in [0.15, 0.2) is 5.75 Å². The summed E-state index contributed by atoms with van der Waals surface area (Å²) in [5.74, 6) is -0.311. The van der Waals surface area contributed by atoms with Gasteiger partial charge in [-0.1, -0.05) is 78.9 Å². The van der Waals surface area contributed by atoms with E-state index >= 15 is 0 Å². The van der Waals surface area contributed by atoms with Gasteiger partial charge < -0.3 is 5.11 Å². The molecule has 0 saturated carbocycles. The van der Waals surface area contributed by atoms with Crippen LogP contribution in [-0.4, -0.2) is 14.9 Å². The lowest BCUT2D eigenvalue weighted by Crippen LogP contribution is -2.16. The topological polar surface area (TPSA) is 55.1 Å². The van der Waals surface area contributed by atoms with Gasteiger partial charge in [0.1, 0.15) is 11.4 Å². The Morgan fingerprint density at radius 2 is 1.19 bits per heavy atom. The normalized spacial score (nSPS) is 10.6. The maximum atomic E-state index is 12.8. The summed E-state index contributed by atoms with van der Waals surface area (Å²) in [6, 6.07) is 27.9. The van der Waals surface area contributed by atoms with E-state index in [1.54, 1.807) is 16.8 Å². The van der Waals surface area contributed by atoms with Crippen molar-refractivity contribution in [3.05, 3.63) is 101 Å². The molecule has 26 heavy (non-hydrogen) atoms. The van der Waals surface area contributed by atoms with Gasteiger partial charge in [-0.15, -0.1) is 0 Å². The molecule has 126 valence electrons. The van der Waals surface area contributed by atoms with E-state index < -0.39 is 5.43 Å². The first-order valence-corrected chi connectivity index (χ1v) is 8.28. The molecule has 0 unspecified atom stereocenters. The first-order valence-electron chi connectivity index (χ1n) is 8.28. The van der Waals surface area contributed by atoms with Crippen LogP contribution in [0.3, 0.4) is 0 Å². The van der Waals surface area contributed by atoms with E-state index in [0.29, 0.717) is 11.3 Å². The van der Waals surface area contributed by atoms with Crippen LogP contribution in [0.1, 0.15) is 0 Å². The lowest BCUT2D eigenvalue weighted by atomic mass is 10.1. The molecule has 0 spiro atoms. The van der Waals surface area contributed by atoms with E-state index in [2.05, 4.69) is 5.10 Å². The van der Waals surface area contributed by atoms with E-state index in [1.165, 1.54) is 0 Å². The van der Waals surface area contributed by atoms with E-state index in [9.17, 15) is 9.90 Å². The van der Waals surface area contributed by atoms with Crippen LogP contribution in [0.4, 0.5) is 0 Å². The van der Waals surface area contributed by atoms with Gasteiger partial charge in [0.25, 0.3) is 0 Å². The van der Waals surface area contributed by atoms with Crippen LogP contribution in [0.2, 0.25) is 0 Å². The van der Waals surface area contributed by atoms with E-state index in [4.69, 9.17) is 0 Å². The number of hydrogen-bond donors (Lipinski definition) is 1. The maximum absolute atomic E-state index is 12.8. The van der Waals surface area contributed by atoms with Crippen LogP contribution in [0.5, 0.6) is 5.75 Å². The minimum atomic E-state index is -0.484. The zero-order valence-corrected chi connectivity index (χ0v) is 13.9. The summed E-state index contributed by atoms with van der Waals surface area (Å²) in [6.07, 6.45) is 0. The molecule has 0 saturated heterocycles. The summed E-state index contributed by atoms with van der Waals surface area (Å²) in [5, 5.41) is 15.4. The van der Waals surface area contributed by atoms with Gasteiger partial charge in [-0.25, -0.2) is 4.68 Å². The minimum absolute atomic E-state index is 0.214. The number of aromatic hydroxyl groups is 1. The number of rotatable bonds is 3. The van der Waals surface area contributed by atoms with Crippen LogP contribution in [0, 0.1) is 0 Å². The van der Waals surface area contributed by atoms with Crippen molar-refractivity contribution in [3.8, 4) is 34.0 Å². The predicted molar refractivity (Wildman–Crippen MR) is 102 cm³/mol. The lowest BCUT2D eigenvalue weighted by Gasteiger charge is -2.16. The molecule has 1 N–H and O–H groups in total. The molecule has 0 atom stereocenters. The monoisotopic (exact) mass is 340 g/mol. The molecular formula is C22H16N2O2. The molecule has 4 nitrogen and oxygen atoms in total. The first kappa shape index (κ1) is 15.8. The van der Waals surface area contributed by atoms with Crippen LogP contribution < -0.4 is 5.43 Å². The van der Waals surface area contributed by atoms with Crippen molar-refractivity contribution in [1.29, 1.82) is 0 Å². The quantitative estimate of drug-likeness (QED) is 0.606. The van der Waals surface area contributed by atoms with Crippen molar-refractivity contribution in [1.82, 2.24) is 9.78 Å². The molecule has 0 aliphatic carbocycles. The van der Waals surface area contributed by atoms with Gasteiger partial charge in [0.2, 0.25) is 5.43 Å². The highest BCUT2D eigenvalue weighted by Crippen LogP contribution is 2.30. The summed E-state index contributed by atoms with van der Waals surface area (Å²) in [4.78, 5) is 12.8. The van der Waals surface area contributed by atoms with Crippen molar-refractivity contribution in [2.24, 2.45) is 0 Å². The molecule has 1 aromatic heterocycles. The van der Waals surface area contributed by atoms with Gasteiger partial charge in [0.05, 0.1) is 5.69 Å². The second kappa shape index (κ2) is 6.69. The Balaban J connectivity index is 2.06. The number of aromatic nitrogens is 2. The molecule has 0 bridgehead atoms. The molecule has 4 heteroatoms. The molecule has 3 aromatic carbocycles. The highest BCUT2D eigenvalue weighted by atomic mass is 16.3. The van der Waals surface area contributed by atoms with Gasteiger partial charge in [-0.2, -0.15) is 5.10 Å².